The molecule has 0 aromatic carbocycles. The lowest BCUT2D eigenvalue weighted by Crippen LogP contribution is -2.48. The van der Waals surface area contributed by atoms with Crippen LogP contribution in [0, 0.1) is 0 Å². The Labute approximate surface area is 73.6 Å². The Morgan fingerprint density at radius 2 is 2.33 bits per heavy atom. The highest BCUT2D eigenvalue weighted by Gasteiger charge is 2.26. The monoisotopic (exact) mass is 191 g/mol. The van der Waals surface area contributed by atoms with E-state index in [1.165, 1.54) is 0 Å². The summed E-state index contributed by atoms with van der Waals surface area (Å²) in [5, 5.41) is 6.60. The molecule has 5 heteroatoms. The molecule has 1 radical (unpaired) electrons. The second kappa shape index (κ2) is 4.20. The zero-order chi connectivity index (χ0) is 9.03. The maximum absolute atomic E-state index is 11.5. The van der Waals surface area contributed by atoms with Gasteiger partial charge in [-0.25, -0.2) is 13.7 Å². The molecule has 1 N–H and O–H groups in total. The van der Waals surface area contributed by atoms with Crippen molar-refractivity contribution in [2.45, 2.75) is 18.7 Å². The minimum atomic E-state index is -2.96. The van der Waals surface area contributed by atoms with Crippen molar-refractivity contribution >= 4 is 9.84 Å². The van der Waals surface area contributed by atoms with Gasteiger partial charge < -0.3 is 5.32 Å². The highest BCUT2D eigenvalue weighted by molar-refractivity contribution is 7.92. The molecular formula is C7H15N2O2S. The third-order valence-electron chi connectivity index (χ3n) is 1.84. The molecule has 0 aromatic heterocycles. The first-order valence-electron chi connectivity index (χ1n) is 4.25. The van der Waals surface area contributed by atoms with Gasteiger partial charge in [-0.05, 0) is 6.42 Å². The standard InChI is InChI=1S/C7H15N2O2S/c1-2-5-12(10,11)7-6-8-3-4-9-7/h7-8H,2-6H2,1H3. The van der Waals surface area contributed by atoms with Crippen LogP contribution in [0.3, 0.4) is 0 Å². The van der Waals surface area contributed by atoms with Crippen molar-refractivity contribution in [1.82, 2.24) is 10.6 Å². The van der Waals surface area contributed by atoms with Gasteiger partial charge in [-0.3, -0.25) is 0 Å². The van der Waals surface area contributed by atoms with E-state index in [1.807, 2.05) is 6.92 Å². The average Bonchev–Trinajstić information content (AvgIpc) is 2.06. The van der Waals surface area contributed by atoms with Gasteiger partial charge in [0.2, 0.25) is 0 Å². The Balaban J connectivity index is 2.54. The highest BCUT2D eigenvalue weighted by atomic mass is 32.2. The van der Waals surface area contributed by atoms with Crippen LogP contribution in [0.1, 0.15) is 13.3 Å². The zero-order valence-corrected chi connectivity index (χ0v) is 8.10. The molecule has 0 aliphatic carbocycles. The molecule has 1 heterocycles. The van der Waals surface area contributed by atoms with Crippen molar-refractivity contribution < 1.29 is 8.42 Å². The van der Waals surface area contributed by atoms with Crippen LogP contribution in [0.25, 0.3) is 0 Å². The maximum atomic E-state index is 11.5. The Morgan fingerprint density at radius 1 is 1.58 bits per heavy atom. The summed E-state index contributed by atoms with van der Waals surface area (Å²) in [6, 6.07) is 0. The van der Waals surface area contributed by atoms with Crippen LogP contribution < -0.4 is 10.6 Å². The predicted octanol–water partition coefficient (Wildman–Crippen LogP) is -0.655. The minimum absolute atomic E-state index is 0.253. The van der Waals surface area contributed by atoms with E-state index < -0.39 is 15.2 Å². The Morgan fingerprint density at radius 3 is 2.83 bits per heavy atom. The van der Waals surface area contributed by atoms with Gasteiger partial charge in [-0.1, -0.05) is 6.92 Å². The number of hydrogen-bond acceptors (Lipinski definition) is 3. The summed E-state index contributed by atoms with van der Waals surface area (Å²) in [5.41, 5.74) is 0. The largest absolute Gasteiger partial charge is 0.313 e. The number of hydrogen-bond donors (Lipinski definition) is 1. The molecule has 0 spiro atoms. The van der Waals surface area contributed by atoms with Crippen LogP contribution in [0.5, 0.6) is 0 Å². The third-order valence-corrected chi connectivity index (χ3v) is 3.97. The second-order valence-electron chi connectivity index (χ2n) is 2.93. The first kappa shape index (κ1) is 9.95. The Bertz CT molecular complexity index is 220. The zero-order valence-electron chi connectivity index (χ0n) is 7.28. The molecule has 4 nitrogen and oxygen atoms in total. The van der Waals surface area contributed by atoms with E-state index in [-0.39, 0.29) is 5.75 Å². The van der Waals surface area contributed by atoms with Crippen LogP contribution in [0.2, 0.25) is 0 Å². The molecule has 0 aromatic rings. The summed E-state index contributed by atoms with van der Waals surface area (Å²) < 4.78 is 22.9. The number of sulfone groups is 1. The van der Waals surface area contributed by atoms with E-state index >= 15 is 0 Å². The van der Waals surface area contributed by atoms with E-state index in [0.29, 0.717) is 19.5 Å². The molecule has 0 saturated carbocycles. The van der Waals surface area contributed by atoms with E-state index in [9.17, 15) is 8.42 Å². The fourth-order valence-electron chi connectivity index (χ4n) is 1.24. The fourth-order valence-corrected chi connectivity index (χ4v) is 2.78. The average molecular weight is 191 g/mol. The van der Waals surface area contributed by atoms with E-state index in [2.05, 4.69) is 10.6 Å². The molecule has 1 fully saturated rings. The molecule has 1 aliphatic rings. The first-order chi connectivity index (χ1) is 5.67. The van der Waals surface area contributed by atoms with Crippen LogP contribution in [0.15, 0.2) is 0 Å². The molecule has 0 bridgehead atoms. The number of nitrogens with zero attached hydrogens (tertiary/aromatic N) is 1. The van der Waals surface area contributed by atoms with Gasteiger partial charge in [0.25, 0.3) is 0 Å². The van der Waals surface area contributed by atoms with Crippen molar-refractivity contribution in [2.75, 3.05) is 25.4 Å². The summed E-state index contributed by atoms with van der Waals surface area (Å²) in [6.45, 7) is 3.78. The highest BCUT2D eigenvalue weighted by Crippen LogP contribution is 2.03. The van der Waals surface area contributed by atoms with Crippen molar-refractivity contribution in [2.24, 2.45) is 0 Å². The molecule has 0 amide bonds. The quantitative estimate of drug-likeness (QED) is 0.644. The molecule has 1 atom stereocenters. The van der Waals surface area contributed by atoms with E-state index in [0.717, 1.165) is 6.54 Å². The van der Waals surface area contributed by atoms with Gasteiger partial charge in [-0.2, -0.15) is 0 Å². The number of nitrogens with one attached hydrogen (secondary N) is 1. The normalized spacial score (nSPS) is 25.6. The number of piperazine rings is 1. The smallest absolute Gasteiger partial charge is 0.168 e. The van der Waals surface area contributed by atoms with Gasteiger partial charge in [0.15, 0.2) is 9.84 Å². The molecule has 12 heavy (non-hydrogen) atoms. The second-order valence-corrected chi connectivity index (χ2v) is 5.21. The summed E-state index contributed by atoms with van der Waals surface area (Å²) in [5.74, 6) is 0.253. The molecular weight excluding hydrogens is 176 g/mol. The lowest BCUT2D eigenvalue weighted by atomic mass is 10.4. The number of rotatable bonds is 3. The predicted molar refractivity (Wildman–Crippen MR) is 47.7 cm³/mol. The summed E-state index contributed by atoms with van der Waals surface area (Å²) >= 11 is 0. The van der Waals surface area contributed by atoms with Crippen molar-refractivity contribution in [1.29, 1.82) is 0 Å². The van der Waals surface area contributed by atoms with Gasteiger partial charge in [0.1, 0.15) is 5.37 Å². The first-order valence-corrected chi connectivity index (χ1v) is 5.97. The fraction of sp³-hybridized carbons (Fsp3) is 1.00. The summed E-state index contributed by atoms with van der Waals surface area (Å²) in [4.78, 5) is 0. The van der Waals surface area contributed by atoms with Gasteiger partial charge in [-0.15, -0.1) is 0 Å². The van der Waals surface area contributed by atoms with Gasteiger partial charge in [0, 0.05) is 19.6 Å². The minimum Gasteiger partial charge on any atom is -0.313 e. The molecule has 1 unspecified atom stereocenters. The lowest BCUT2D eigenvalue weighted by molar-refractivity contribution is 0.467. The van der Waals surface area contributed by atoms with Crippen LogP contribution in [-0.2, 0) is 9.84 Å². The van der Waals surface area contributed by atoms with E-state index in [4.69, 9.17) is 0 Å². The van der Waals surface area contributed by atoms with Crippen LogP contribution in [0.4, 0.5) is 0 Å². The Kier molecular flexibility index (Phi) is 3.49. The Hall–Kier alpha value is -0.130. The summed E-state index contributed by atoms with van der Waals surface area (Å²) in [6.07, 6.45) is 0.675. The maximum Gasteiger partial charge on any atom is 0.168 e. The van der Waals surface area contributed by atoms with Crippen molar-refractivity contribution in [3.05, 3.63) is 0 Å². The van der Waals surface area contributed by atoms with Crippen molar-refractivity contribution in [3.63, 3.8) is 0 Å². The van der Waals surface area contributed by atoms with Gasteiger partial charge in [0.05, 0.1) is 5.75 Å². The van der Waals surface area contributed by atoms with Gasteiger partial charge >= 0.3 is 0 Å². The molecule has 1 saturated heterocycles. The molecule has 71 valence electrons. The van der Waals surface area contributed by atoms with Crippen molar-refractivity contribution in [3.8, 4) is 0 Å². The third kappa shape index (κ3) is 2.43. The van der Waals surface area contributed by atoms with Crippen LogP contribution in [-0.4, -0.2) is 39.2 Å². The molecule has 1 rings (SSSR count). The summed E-state index contributed by atoms with van der Waals surface area (Å²) in [7, 11) is -2.96. The van der Waals surface area contributed by atoms with E-state index in [1.54, 1.807) is 0 Å². The lowest BCUT2D eigenvalue weighted by Gasteiger charge is -2.22. The SMILES string of the molecule is CCCS(=O)(=O)C1CNCC[N]1. The topological polar surface area (TPSA) is 60.3 Å². The van der Waals surface area contributed by atoms with Crippen LogP contribution >= 0.6 is 0 Å². The molecule has 1 aliphatic heterocycles.